The molecule has 0 saturated carbocycles. The van der Waals surface area contributed by atoms with Gasteiger partial charge in [-0.2, -0.15) is 4.31 Å². The van der Waals surface area contributed by atoms with Crippen LogP contribution < -0.4 is 0 Å². The summed E-state index contributed by atoms with van der Waals surface area (Å²) >= 11 is 0. The maximum absolute atomic E-state index is 13.6. The van der Waals surface area contributed by atoms with E-state index < -0.39 is 33.6 Å². The third kappa shape index (κ3) is 3.15. The molecule has 2 aromatic carbocycles. The molecule has 2 aromatic rings. The number of ether oxygens (including phenoxy) is 2. The lowest BCUT2D eigenvalue weighted by molar-refractivity contribution is -0.149. The molecule has 3 aliphatic heterocycles. The van der Waals surface area contributed by atoms with Gasteiger partial charge in [-0.05, 0) is 30.2 Å². The summed E-state index contributed by atoms with van der Waals surface area (Å²) in [4.78, 5) is 13.4. The summed E-state index contributed by atoms with van der Waals surface area (Å²) < 4.78 is 40.0. The summed E-state index contributed by atoms with van der Waals surface area (Å²) in [7, 11) is -3.95. The standard InChI is InChI=1S/C24H23NO5S/c1-16-8-10-19(11-9-16)31(27,28)25-15-24-13-12-20(30-24)17(2)21(24)22(25)23(26)29-14-18-6-4-3-5-7-18/h3-13,20-22H,2,14-15H2,1H3. The highest BCUT2D eigenvalue weighted by molar-refractivity contribution is 7.89. The van der Waals surface area contributed by atoms with Gasteiger partial charge >= 0.3 is 5.97 Å². The van der Waals surface area contributed by atoms with Crippen LogP contribution >= 0.6 is 0 Å². The minimum absolute atomic E-state index is 0.0466. The van der Waals surface area contributed by atoms with Gasteiger partial charge in [-0.1, -0.05) is 66.8 Å². The molecule has 0 aliphatic carbocycles. The second-order valence-electron chi connectivity index (χ2n) is 8.31. The molecule has 7 heteroatoms. The van der Waals surface area contributed by atoms with Crippen molar-refractivity contribution in [3.8, 4) is 0 Å². The molecule has 2 bridgehead atoms. The van der Waals surface area contributed by atoms with Gasteiger partial charge in [-0.3, -0.25) is 4.79 Å². The second kappa shape index (κ2) is 7.15. The van der Waals surface area contributed by atoms with Crippen molar-refractivity contribution in [2.45, 2.75) is 36.2 Å². The van der Waals surface area contributed by atoms with E-state index in [1.165, 1.54) is 4.31 Å². The number of rotatable bonds is 5. The van der Waals surface area contributed by atoms with E-state index in [9.17, 15) is 13.2 Å². The van der Waals surface area contributed by atoms with Crippen molar-refractivity contribution in [2.24, 2.45) is 5.92 Å². The Morgan fingerprint density at radius 3 is 2.61 bits per heavy atom. The minimum Gasteiger partial charge on any atom is -0.460 e. The monoisotopic (exact) mass is 437 g/mol. The van der Waals surface area contributed by atoms with E-state index in [1.807, 2.05) is 49.4 Å². The van der Waals surface area contributed by atoms with Crippen LogP contribution in [0.15, 0.2) is 83.8 Å². The average molecular weight is 438 g/mol. The van der Waals surface area contributed by atoms with Gasteiger partial charge in [-0.15, -0.1) is 0 Å². The third-order valence-electron chi connectivity index (χ3n) is 6.31. The Bertz CT molecular complexity index is 1170. The molecular weight excluding hydrogens is 414 g/mol. The van der Waals surface area contributed by atoms with Gasteiger partial charge in [0.25, 0.3) is 0 Å². The van der Waals surface area contributed by atoms with Crippen LogP contribution in [0.4, 0.5) is 0 Å². The van der Waals surface area contributed by atoms with E-state index in [1.54, 1.807) is 24.3 Å². The highest BCUT2D eigenvalue weighted by Crippen LogP contribution is 2.54. The van der Waals surface area contributed by atoms with Crippen LogP contribution in [0.2, 0.25) is 0 Å². The van der Waals surface area contributed by atoms with Gasteiger partial charge < -0.3 is 9.47 Å². The molecule has 0 amide bonds. The number of sulfonamides is 1. The van der Waals surface area contributed by atoms with Crippen LogP contribution in [-0.2, 0) is 30.9 Å². The fourth-order valence-corrected chi connectivity index (χ4v) is 6.38. The highest BCUT2D eigenvalue weighted by Gasteiger charge is 2.66. The first-order chi connectivity index (χ1) is 14.8. The first-order valence-electron chi connectivity index (χ1n) is 10.2. The fourth-order valence-electron chi connectivity index (χ4n) is 4.75. The Balaban J connectivity index is 1.50. The van der Waals surface area contributed by atoms with Crippen molar-refractivity contribution in [3.05, 3.63) is 90.0 Å². The normalized spacial score (nSPS) is 29.3. The smallest absolute Gasteiger partial charge is 0.325 e. The molecule has 0 radical (unpaired) electrons. The number of aryl methyl sites for hydroxylation is 1. The molecule has 4 unspecified atom stereocenters. The van der Waals surface area contributed by atoms with Crippen molar-refractivity contribution in [1.82, 2.24) is 4.31 Å². The van der Waals surface area contributed by atoms with E-state index in [2.05, 4.69) is 6.58 Å². The number of benzene rings is 2. The number of esters is 1. The number of nitrogens with zero attached hydrogens (tertiary/aromatic N) is 1. The predicted molar refractivity (Wildman–Crippen MR) is 114 cm³/mol. The van der Waals surface area contributed by atoms with Crippen molar-refractivity contribution in [2.75, 3.05) is 6.54 Å². The molecule has 4 atom stereocenters. The molecule has 0 N–H and O–H groups in total. The van der Waals surface area contributed by atoms with E-state index in [-0.39, 0.29) is 24.2 Å². The lowest BCUT2D eigenvalue weighted by Crippen LogP contribution is -2.45. The zero-order valence-corrected chi connectivity index (χ0v) is 17.9. The zero-order chi connectivity index (χ0) is 21.8. The fraction of sp³-hybridized carbons (Fsp3) is 0.292. The molecule has 1 spiro atoms. The lowest BCUT2D eigenvalue weighted by Gasteiger charge is -2.27. The highest BCUT2D eigenvalue weighted by atomic mass is 32.2. The molecular formula is C24H23NO5S. The van der Waals surface area contributed by atoms with Gasteiger partial charge in [0.1, 0.15) is 18.2 Å². The van der Waals surface area contributed by atoms with Crippen LogP contribution in [0, 0.1) is 12.8 Å². The van der Waals surface area contributed by atoms with Crippen molar-refractivity contribution in [3.63, 3.8) is 0 Å². The molecule has 3 aliphatic rings. The third-order valence-corrected chi connectivity index (χ3v) is 8.15. The van der Waals surface area contributed by atoms with Crippen LogP contribution in [0.25, 0.3) is 0 Å². The van der Waals surface area contributed by atoms with Crippen molar-refractivity contribution in [1.29, 1.82) is 0 Å². The maximum atomic E-state index is 13.6. The summed E-state index contributed by atoms with van der Waals surface area (Å²) in [6.45, 7) is 6.13. The topological polar surface area (TPSA) is 72.9 Å². The van der Waals surface area contributed by atoms with Gasteiger partial charge in [-0.25, -0.2) is 8.42 Å². The SMILES string of the molecule is C=C1C2C=CC3(CN(S(=O)(=O)c4ccc(C)cc4)C(C(=O)OCc4ccccc4)C13)O2. The zero-order valence-electron chi connectivity index (χ0n) is 17.1. The quantitative estimate of drug-likeness (QED) is 0.531. The Labute approximate surface area is 181 Å². The summed E-state index contributed by atoms with van der Waals surface area (Å²) in [6, 6.07) is 14.9. The molecule has 3 heterocycles. The van der Waals surface area contributed by atoms with Gasteiger partial charge in [0.05, 0.1) is 11.0 Å². The summed E-state index contributed by atoms with van der Waals surface area (Å²) in [6.07, 6.45) is 3.46. The Kier molecular flexibility index (Phi) is 4.66. The Morgan fingerprint density at radius 2 is 1.90 bits per heavy atom. The molecule has 5 rings (SSSR count). The first-order valence-corrected chi connectivity index (χ1v) is 11.6. The summed E-state index contributed by atoms with van der Waals surface area (Å²) in [5, 5.41) is 0. The number of fused-ring (bicyclic) bond motifs is 1. The number of carbonyl (C=O) groups excluding carboxylic acids is 1. The molecule has 0 aromatic heterocycles. The van der Waals surface area contributed by atoms with Crippen LogP contribution in [0.1, 0.15) is 11.1 Å². The second-order valence-corrected chi connectivity index (χ2v) is 10.2. The Hall–Kier alpha value is -2.74. The molecule has 6 nitrogen and oxygen atoms in total. The first kappa shape index (κ1) is 20.2. The molecule has 160 valence electrons. The number of hydrogen-bond acceptors (Lipinski definition) is 5. The van der Waals surface area contributed by atoms with E-state index in [4.69, 9.17) is 9.47 Å². The van der Waals surface area contributed by atoms with Crippen molar-refractivity contribution >= 4 is 16.0 Å². The summed E-state index contributed by atoms with van der Waals surface area (Å²) in [5.41, 5.74) is 1.62. The van der Waals surface area contributed by atoms with Crippen LogP contribution in [0.5, 0.6) is 0 Å². The maximum Gasteiger partial charge on any atom is 0.325 e. The van der Waals surface area contributed by atoms with E-state index in [0.29, 0.717) is 5.57 Å². The lowest BCUT2D eigenvalue weighted by atomic mass is 9.79. The molecule has 31 heavy (non-hydrogen) atoms. The van der Waals surface area contributed by atoms with Gasteiger partial charge in [0, 0.05) is 12.5 Å². The average Bonchev–Trinajstić information content (AvgIpc) is 3.42. The summed E-state index contributed by atoms with van der Waals surface area (Å²) in [5.74, 6) is -1.07. The minimum atomic E-state index is -3.95. The van der Waals surface area contributed by atoms with E-state index in [0.717, 1.165) is 11.1 Å². The molecule has 2 saturated heterocycles. The van der Waals surface area contributed by atoms with Gasteiger partial charge in [0.15, 0.2) is 0 Å². The number of carbonyl (C=O) groups is 1. The predicted octanol–water partition coefficient (Wildman–Crippen LogP) is 2.99. The van der Waals surface area contributed by atoms with E-state index >= 15 is 0 Å². The van der Waals surface area contributed by atoms with Gasteiger partial charge in [0.2, 0.25) is 10.0 Å². The van der Waals surface area contributed by atoms with Crippen LogP contribution in [0.3, 0.4) is 0 Å². The Morgan fingerprint density at radius 1 is 1.19 bits per heavy atom. The largest absolute Gasteiger partial charge is 0.460 e. The van der Waals surface area contributed by atoms with Crippen molar-refractivity contribution < 1.29 is 22.7 Å². The van der Waals surface area contributed by atoms with Crippen LogP contribution in [-0.4, -0.2) is 43.0 Å². The molecule has 2 fully saturated rings. The number of hydrogen-bond donors (Lipinski definition) is 0.